The number of para-hydroxylation sites is 1. The van der Waals surface area contributed by atoms with Crippen molar-refractivity contribution in [2.75, 3.05) is 7.11 Å². The Balaban J connectivity index is 2.47. The van der Waals surface area contributed by atoms with E-state index in [1.54, 1.807) is 24.3 Å². The molecule has 0 unspecified atom stereocenters. The molecule has 0 N–H and O–H groups in total. The third-order valence-electron chi connectivity index (χ3n) is 2.72. The number of hydrogen-bond donors (Lipinski definition) is 0. The van der Waals surface area contributed by atoms with Crippen LogP contribution in [0.3, 0.4) is 0 Å². The molecule has 0 fully saturated rings. The summed E-state index contributed by atoms with van der Waals surface area (Å²) in [5, 5.41) is 0. The Labute approximate surface area is 124 Å². The van der Waals surface area contributed by atoms with Gasteiger partial charge in [0.05, 0.1) is 7.11 Å². The maximum absolute atomic E-state index is 13.6. The fraction of sp³-hybridized carbons (Fsp3) is 0.133. The van der Waals surface area contributed by atoms with Crippen LogP contribution in [-0.4, -0.2) is 13.1 Å². The molecule has 2 rings (SSSR count). The first-order chi connectivity index (χ1) is 9.52. The van der Waals surface area contributed by atoms with Gasteiger partial charge in [0.1, 0.15) is 11.3 Å². The molecule has 0 radical (unpaired) electrons. The van der Waals surface area contributed by atoms with Gasteiger partial charge in [-0.3, -0.25) is 0 Å². The fourth-order valence-electron chi connectivity index (χ4n) is 1.66. The SMILES string of the molecule is COC(=O)c1cc(C)c(Br)cc1Oc1ccccc1F. The highest BCUT2D eigenvalue weighted by molar-refractivity contribution is 9.10. The van der Waals surface area contributed by atoms with Gasteiger partial charge < -0.3 is 9.47 Å². The molecule has 2 aromatic carbocycles. The van der Waals surface area contributed by atoms with Crippen molar-refractivity contribution in [3.63, 3.8) is 0 Å². The lowest BCUT2D eigenvalue weighted by molar-refractivity contribution is 0.0597. The second-order valence-corrected chi connectivity index (χ2v) is 4.98. The van der Waals surface area contributed by atoms with Crippen molar-refractivity contribution in [2.24, 2.45) is 0 Å². The standard InChI is InChI=1S/C15H12BrFO3/c1-9-7-10(15(18)19-2)14(8-11(9)16)20-13-6-4-3-5-12(13)17/h3-8H,1-2H3. The van der Waals surface area contributed by atoms with E-state index >= 15 is 0 Å². The number of carbonyl (C=O) groups is 1. The molecule has 0 spiro atoms. The van der Waals surface area contributed by atoms with Crippen molar-refractivity contribution in [3.05, 3.63) is 57.8 Å². The minimum absolute atomic E-state index is 0.0495. The smallest absolute Gasteiger partial charge is 0.341 e. The van der Waals surface area contributed by atoms with Crippen LogP contribution in [0.15, 0.2) is 40.9 Å². The quantitative estimate of drug-likeness (QED) is 0.774. The Kier molecular flexibility index (Phi) is 4.39. The molecule has 2 aromatic rings. The highest BCUT2D eigenvalue weighted by Gasteiger charge is 2.17. The molecule has 0 aliphatic carbocycles. The van der Waals surface area contributed by atoms with Gasteiger partial charge in [0.15, 0.2) is 11.6 Å². The van der Waals surface area contributed by atoms with Crippen molar-refractivity contribution in [1.82, 2.24) is 0 Å². The maximum atomic E-state index is 13.6. The highest BCUT2D eigenvalue weighted by Crippen LogP contribution is 2.32. The third kappa shape index (κ3) is 2.99. The van der Waals surface area contributed by atoms with E-state index in [0.717, 1.165) is 10.0 Å². The van der Waals surface area contributed by atoms with Crippen LogP contribution in [-0.2, 0) is 4.74 Å². The van der Waals surface area contributed by atoms with E-state index in [2.05, 4.69) is 15.9 Å². The van der Waals surface area contributed by atoms with Gasteiger partial charge in [0.2, 0.25) is 0 Å². The van der Waals surface area contributed by atoms with Crippen LogP contribution in [0.25, 0.3) is 0 Å². The molecule has 104 valence electrons. The average molecular weight is 339 g/mol. The van der Waals surface area contributed by atoms with Crippen LogP contribution < -0.4 is 4.74 Å². The van der Waals surface area contributed by atoms with Crippen LogP contribution in [0.2, 0.25) is 0 Å². The highest BCUT2D eigenvalue weighted by atomic mass is 79.9. The average Bonchev–Trinajstić information content (AvgIpc) is 2.44. The zero-order valence-corrected chi connectivity index (χ0v) is 12.5. The summed E-state index contributed by atoms with van der Waals surface area (Å²) in [7, 11) is 1.28. The molecule has 0 amide bonds. The second kappa shape index (κ2) is 6.05. The molecule has 0 aromatic heterocycles. The monoisotopic (exact) mass is 338 g/mol. The van der Waals surface area contributed by atoms with Crippen LogP contribution in [0.1, 0.15) is 15.9 Å². The number of esters is 1. The van der Waals surface area contributed by atoms with Gasteiger partial charge in [-0.05, 0) is 36.8 Å². The van der Waals surface area contributed by atoms with Crippen LogP contribution >= 0.6 is 15.9 Å². The number of methoxy groups -OCH3 is 1. The second-order valence-electron chi connectivity index (χ2n) is 4.12. The lowest BCUT2D eigenvalue weighted by atomic mass is 10.1. The molecule has 0 bridgehead atoms. The summed E-state index contributed by atoms with van der Waals surface area (Å²) in [6.45, 7) is 1.84. The predicted molar refractivity (Wildman–Crippen MR) is 76.7 cm³/mol. The van der Waals surface area contributed by atoms with E-state index in [-0.39, 0.29) is 17.1 Å². The van der Waals surface area contributed by atoms with E-state index in [4.69, 9.17) is 9.47 Å². The molecule has 0 aliphatic heterocycles. The topological polar surface area (TPSA) is 35.5 Å². The number of ether oxygens (including phenoxy) is 2. The molecule has 0 heterocycles. The number of carbonyl (C=O) groups excluding carboxylic acids is 1. The van der Waals surface area contributed by atoms with Crippen molar-refractivity contribution in [3.8, 4) is 11.5 Å². The van der Waals surface area contributed by atoms with Gasteiger partial charge in [-0.15, -0.1) is 0 Å². The molecule has 0 atom stereocenters. The van der Waals surface area contributed by atoms with E-state index in [0.29, 0.717) is 0 Å². The van der Waals surface area contributed by atoms with Crippen molar-refractivity contribution in [1.29, 1.82) is 0 Å². The number of aryl methyl sites for hydroxylation is 1. The maximum Gasteiger partial charge on any atom is 0.341 e. The molecule has 0 aliphatic rings. The first-order valence-corrected chi connectivity index (χ1v) is 6.63. The predicted octanol–water partition coefficient (Wildman–Crippen LogP) is 4.48. The summed E-state index contributed by atoms with van der Waals surface area (Å²) in [4.78, 5) is 11.8. The number of benzene rings is 2. The Morgan fingerprint density at radius 3 is 2.55 bits per heavy atom. The molecule has 0 saturated carbocycles. The summed E-state index contributed by atoms with van der Waals surface area (Å²) < 4.78 is 24.6. The molecule has 5 heteroatoms. The molecule has 0 saturated heterocycles. The first-order valence-electron chi connectivity index (χ1n) is 5.83. The van der Waals surface area contributed by atoms with Crippen LogP contribution in [0.5, 0.6) is 11.5 Å². The molecular weight excluding hydrogens is 327 g/mol. The fourth-order valence-corrected chi connectivity index (χ4v) is 1.99. The summed E-state index contributed by atoms with van der Waals surface area (Å²) in [6, 6.07) is 9.24. The number of rotatable bonds is 3. The summed E-state index contributed by atoms with van der Waals surface area (Å²) in [6.07, 6.45) is 0. The van der Waals surface area contributed by atoms with Crippen LogP contribution in [0.4, 0.5) is 4.39 Å². The van der Waals surface area contributed by atoms with Gasteiger partial charge in [-0.25, -0.2) is 9.18 Å². The van der Waals surface area contributed by atoms with E-state index in [1.807, 2.05) is 6.92 Å². The Morgan fingerprint density at radius 1 is 1.20 bits per heavy atom. The zero-order chi connectivity index (χ0) is 14.7. The van der Waals surface area contributed by atoms with Gasteiger partial charge in [0, 0.05) is 4.47 Å². The van der Waals surface area contributed by atoms with Gasteiger partial charge in [-0.2, -0.15) is 0 Å². The minimum atomic E-state index is -0.535. The zero-order valence-electron chi connectivity index (χ0n) is 10.9. The Hall–Kier alpha value is -1.88. The molecule has 3 nitrogen and oxygen atoms in total. The first kappa shape index (κ1) is 14.5. The van der Waals surface area contributed by atoms with Gasteiger partial charge in [-0.1, -0.05) is 28.1 Å². The number of halogens is 2. The Morgan fingerprint density at radius 2 is 1.90 bits per heavy atom. The van der Waals surface area contributed by atoms with Crippen molar-refractivity contribution in [2.45, 2.75) is 6.92 Å². The Bertz CT molecular complexity index is 656. The third-order valence-corrected chi connectivity index (χ3v) is 3.58. The van der Waals surface area contributed by atoms with Crippen molar-refractivity contribution >= 4 is 21.9 Å². The summed E-state index contributed by atoms with van der Waals surface area (Å²) >= 11 is 3.36. The molecule has 20 heavy (non-hydrogen) atoms. The van der Waals surface area contributed by atoms with Gasteiger partial charge >= 0.3 is 5.97 Å². The largest absolute Gasteiger partial charge is 0.465 e. The van der Waals surface area contributed by atoms with E-state index in [1.165, 1.54) is 19.2 Å². The van der Waals surface area contributed by atoms with Gasteiger partial charge in [0.25, 0.3) is 0 Å². The normalized spacial score (nSPS) is 10.2. The van der Waals surface area contributed by atoms with Crippen molar-refractivity contribution < 1.29 is 18.7 Å². The lowest BCUT2D eigenvalue weighted by Crippen LogP contribution is -2.05. The number of hydrogen-bond acceptors (Lipinski definition) is 3. The van der Waals surface area contributed by atoms with E-state index in [9.17, 15) is 9.18 Å². The molecular formula is C15H12BrFO3. The van der Waals surface area contributed by atoms with Crippen LogP contribution in [0, 0.1) is 12.7 Å². The minimum Gasteiger partial charge on any atom is -0.465 e. The summed E-state index contributed by atoms with van der Waals surface area (Å²) in [5.41, 5.74) is 1.10. The van der Waals surface area contributed by atoms with E-state index < -0.39 is 11.8 Å². The lowest BCUT2D eigenvalue weighted by Gasteiger charge is -2.12. The summed E-state index contributed by atoms with van der Waals surface area (Å²) in [5.74, 6) is -0.750.